The summed E-state index contributed by atoms with van der Waals surface area (Å²) in [6, 6.07) is 9.67. The number of para-hydroxylation sites is 1. The van der Waals surface area contributed by atoms with Crippen LogP contribution in [0.1, 0.15) is 13.8 Å². The number of ketones is 1. The maximum Gasteiger partial charge on any atom is 0.164 e. The van der Waals surface area contributed by atoms with Crippen molar-refractivity contribution >= 4 is 28.7 Å². The van der Waals surface area contributed by atoms with Crippen LogP contribution in [0.5, 0.6) is 0 Å². The largest absolute Gasteiger partial charge is 0.379 e. The third-order valence-corrected chi connectivity index (χ3v) is 2.70. The molecule has 0 bridgehead atoms. The molecule has 4 heteroatoms. The van der Waals surface area contributed by atoms with Crippen LogP contribution in [-0.4, -0.2) is 17.8 Å². The zero-order valence-electron chi connectivity index (χ0n) is 10.2. The van der Waals surface area contributed by atoms with Gasteiger partial charge in [0.2, 0.25) is 0 Å². The molecule has 0 unspecified atom stereocenters. The Morgan fingerprint density at radius 3 is 2.24 bits per heavy atom. The molecule has 0 amide bonds. The van der Waals surface area contributed by atoms with Crippen molar-refractivity contribution in [1.29, 1.82) is 0 Å². The molecule has 0 aromatic heterocycles. The number of hydrogen-bond acceptors (Lipinski definition) is 3. The highest BCUT2D eigenvalue weighted by Crippen LogP contribution is 2.13. The quantitative estimate of drug-likeness (QED) is 0.634. The van der Waals surface area contributed by atoms with E-state index in [9.17, 15) is 4.79 Å². The highest BCUT2D eigenvalue weighted by molar-refractivity contribution is 7.80. The molecule has 0 atom stereocenters. The number of hydrogen-bond donors (Lipinski definition) is 2. The van der Waals surface area contributed by atoms with E-state index in [2.05, 4.69) is 10.6 Å². The topological polar surface area (TPSA) is 41.1 Å². The average Bonchev–Trinajstić information content (AvgIpc) is 2.29. The average molecular weight is 248 g/mol. The Morgan fingerprint density at radius 1 is 1.18 bits per heavy atom. The van der Waals surface area contributed by atoms with E-state index in [4.69, 9.17) is 12.2 Å². The summed E-state index contributed by atoms with van der Waals surface area (Å²) >= 11 is 5.12. The number of likely N-dealkylation sites (N-methyl/N-ethyl adjacent to an activating group) is 1. The number of benzene rings is 1. The van der Waals surface area contributed by atoms with Gasteiger partial charge in [0, 0.05) is 18.4 Å². The summed E-state index contributed by atoms with van der Waals surface area (Å²) < 4.78 is 0. The van der Waals surface area contributed by atoms with Gasteiger partial charge in [-0.1, -0.05) is 30.4 Å². The van der Waals surface area contributed by atoms with E-state index in [-0.39, 0.29) is 5.78 Å². The summed E-state index contributed by atoms with van der Waals surface area (Å²) in [5.74, 6) is -0.0507. The number of rotatable bonds is 4. The predicted octanol–water partition coefficient (Wildman–Crippen LogP) is 2.51. The molecule has 0 fully saturated rings. The Morgan fingerprint density at radius 2 is 1.76 bits per heavy atom. The molecule has 0 aliphatic rings. The van der Waals surface area contributed by atoms with Crippen LogP contribution in [0.2, 0.25) is 0 Å². The van der Waals surface area contributed by atoms with Crippen molar-refractivity contribution in [1.82, 2.24) is 5.32 Å². The molecule has 0 spiro atoms. The van der Waals surface area contributed by atoms with E-state index >= 15 is 0 Å². The van der Waals surface area contributed by atoms with Crippen molar-refractivity contribution in [3.8, 4) is 0 Å². The molecule has 1 aromatic carbocycles. The summed E-state index contributed by atoms with van der Waals surface area (Å²) in [6.45, 7) is 3.35. The van der Waals surface area contributed by atoms with Gasteiger partial charge in [0.1, 0.15) is 4.99 Å². The fourth-order valence-corrected chi connectivity index (χ4v) is 1.82. The fourth-order valence-electron chi connectivity index (χ4n) is 1.52. The third kappa shape index (κ3) is 3.67. The summed E-state index contributed by atoms with van der Waals surface area (Å²) in [7, 11) is 1.71. The Hall–Kier alpha value is -1.68. The predicted molar refractivity (Wildman–Crippen MR) is 75.1 cm³/mol. The van der Waals surface area contributed by atoms with Gasteiger partial charge >= 0.3 is 0 Å². The minimum absolute atomic E-state index is 0.0507. The number of carbonyl (C=O) groups excluding carboxylic acids is 1. The van der Waals surface area contributed by atoms with E-state index in [1.165, 1.54) is 6.92 Å². The molecule has 17 heavy (non-hydrogen) atoms. The maximum absolute atomic E-state index is 11.6. The van der Waals surface area contributed by atoms with Gasteiger partial charge < -0.3 is 10.6 Å². The number of nitrogens with one attached hydrogen (secondary N) is 2. The van der Waals surface area contributed by atoms with Gasteiger partial charge in [0.05, 0.1) is 5.57 Å². The standard InChI is InChI=1S/C13H16N2OS/c1-9(12(10(2)16)13(17)14-3)15-11-7-5-4-6-8-11/h4-8,15H,1-3H3,(H,14,17). The molecule has 0 aliphatic heterocycles. The molecule has 0 heterocycles. The summed E-state index contributed by atoms with van der Waals surface area (Å²) in [4.78, 5) is 12.0. The normalized spacial score (nSPS) is 11.5. The Labute approximate surface area is 107 Å². The molecule has 2 N–H and O–H groups in total. The lowest BCUT2D eigenvalue weighted by atomic mass is 10.1. The first-order valence-corrected chi connectivity index (χ1v) is 5.73. The van der Waals surface area contributed by atoms with Gasteiger partial charge in [-0.15, -0.1) is 0 Å². The monoisotopic (exact) mass is 248 g/mol. The van der Waals surface area contributed by atoms with Gasteiger partial charge in [-0.05, 0) is 26.0 Å². The van der Waals surface area contributed by atoms with E-state index in [0.29, 0.717) is 10.6 Å². The minimum atomic E-state index is -0.0507. The van der Waals surface area contributed by atoms with E-state index < -0.39 is 0 Å². The molecule has 0 saturated carbocycles. The van der Waals surface area contributed by atoms with Crippen molar-refractivity contribution in [2.45, 2.75) is 13.8 Å². The van der Waals surface area contributed by atoms with Crippen LogP contribution in [0.3, 0.4) is 0 Å². The second-order valence-corrected chi connectivity index (χ2v) is 4.03. The van der Waals surface area contributed by atoms with Gasteiger partial charge in [0.25, 0.3) is 0 Å². The van der Waals surface area contributed by atoms with Crippen LogP contribution in [-0.2, 0) is 4.79 Å². The first-order chi connectivity index (χ1) is 8.06. The van der Waals surface area contributed by atoms with Crippen molar-refractivity contribution < 1.29 is 4.79 Å². The molecule has 1 rings (SSSR count). The maximum atomic E-state index is 11.6. The van der Waals surface area contributed by atoms with Crippen LogP contribution in [0, 0.1) is 0 Å². The molecule has 3 nitrogen and oxygen atoms in total. The molecular weight excluding hydrogens is 232 g/mol. The van der Waals surface area contributed by atoms with E-state index in [1.54, 1.807) is 7.05 Å². The van der Waals surface area contributed by atoms with Gasteiger partial charge in [-0.25, -0.2) is 0 Å². The lowest BCUT2D eigenvalue weighted by molar-refractivity contribution is -0.113. The second kappa shape index (κ2) is 6.15. The van der Waals surface area contributed by atoms with Gasteiger partial charge in [-0.2, -0.15) is 0 Å². The number of Topliss-reactive ketones (excluding diaryl/α,β-unsaturated/α-hetero) is 1. The SMILES string of the molecule is CNC(=S)C(C(C)=O)=C(C)Nc1ccccc1. The number of anilines is 1. The summed E-state index contributed by atoms with van der Waals surface area (Å²) in [5.41, 5.74) is 2.21. The van der Waals surface area contributed by atoms with Crippen molar-refractivity contribution in [2.75, 3.05) is 12.4 Å². The Balaban J connectivity index is 3.01. The van der Waals surface area contributed by atoms with Crippen LogP contribution >= 0.6 is 12.2 Å². The Bertz CT molecular complexity index is 452. The zero-order valence-corrected chi connectivity index (χ0v) is 11.0. The molecule has 0 radical (unpaired) electrons. The Kier molecular flexibility index (Phi) is 4.84. The first kappa shape index (κ1) is 13.4. The third-order valence-electron chi connectivity index (χ3n) is 2.29. The number of allylic oxidation sites excluding steroid dienone is 1. The van der Waals surface area contributed by atoms with Crippen LogP contribution < -0.4 is 10.6 Å². The lowest BCUT2D eigenvalue weighted by Crippen LogP contribution is -2.24. The molecule has 1 aromatic rings. The molecule has 90 valence electrons. The van der Waals surface area contributed by atoms with Gasteiger partial charge in [0.15, 0.2) is 5.78 Å². The summed E-state index contributed by atoms with van der Waals surface area (Å²) in [5, 5.41) is 6.00. The molecular formula is C13H16N2OS. The van der Waals surface area contributed by atoms with Crippen LogP contribution in [0.15, 0.2) is 41.6 Å². The van der Waals surface area contributed by atoms with Crippen molar-refractivity contribution in [2.24, 2.45) is 0 Å². The summed E-state index contributed by atoms with van der Waals surface area (Å²) in [6.07, 6.45) is 0. The van der Waals surface area contributed by atoms with Crippen molar-refractivity contribution in [3.63, 3.8) is 0 Å². The zero-order chi connectivity index (χ0) is 12.8. The molecule has 0 aliphatic carbocycles. The number of carbonyl (C=O) groups is 1. The molecule has 0 saturated heterocycles. The highest BCUT2D eigenvalue weighted by Gasteiger charge is 2.12. The minimum Gasteiger partial charge on any atom is -0.379 e. The first-order valence-electron chi connectivity index (χ1n) is 5.32. The van der Waals surface area contributed by atoms with E-state index in [0.717, 1.165) is 11.4 Å². The number of thiocarbonyl (C=S) groups is 1. The van der Waals surface area contributed by atoms with E-state index in [1.807, 2.05) is 37.3 Å². The second-order valence-electron chi connectivity index (χ2n) is 3.63. The van der Waals surface area contributed by atoms with Crippen LogP contribution in [0.4, 0.5) is 5.69 Å². The van der Waals surface area contributed by atoms with Crippen LogP contribution in [0.25, 0.3) is 0 Å². The fraction of sp³-hybridized carbons (Fsp3) is 0.231. The lowest BCUT2D eigenvalue weighted by Gasteiger charge is -2.12. The smallest absolute Gasteiger partial charge is 0.164 e. The highest BCUT2D eigenvalue weighted by atomic mass is 32.1. The van der Waals surface area contributed by atoms with Gasteiger partial charge in [-0.3, -0.25) is 4.79 Å². The van der Waals surface area contributed by atoms with Crippen molar-refractivity contribution in [3.05, 3.63) is 41.6 Å².